The van der Waals surface area contributed by atoms with Crippen LogP contribution in [0.1, 0.15) is 30.3 Å². The van der Waals surface area contributed by atoms with E-state index in [1.165, 1.54) is 0 Å². The SMILES string of the molecule is CCCNCc1ccccc1OCc1c(Cl)c(C)nn1C. The second-order valence-electron chi connectivity index (χ2n) is 5.04. The van der Waals surface area contributed by atoms with Crippen molar-refractivity contribution >= 4 is 11.6 Å². The van der Waals surface area contributed by atoms with E-state index in [0.29, 0.717) is 11.6 Å². The number of nitrogens with one attached hydrogen (secondary N) is 1. The third-order valence-corrected chi connectivity index (χ3v) is 3.83. The van der Waals surface area contributed by atoms with E-state index >= 15 is 0 Å². The average molecular weight is 308 g/mol. The van der Waals surface area contributed by atoms with Crippen LogP contribution in [0.2, 0.25) is 5.02 Å². The van der Waals surface area contributed by atoms with Crippen molar-refractivity contribution in [1.29, 1.82) is 0 Å². The van der Waals surface area contributed by atoms with Crippen LogP contribution in [-0.4, -0.2) is 16.3 Å². The van der Waals surface area contributed by atoms with Crippen LogP contribution in [0.3, 0.4) is 0 Å². The average Bonchev–Trinajstić information content (AvgIpc) is 2.72. The molecule has 0 saturated carbocycles. The van der Waals surface area contributed by atoms with Gasteiger partial charge in [0, 0.05) is 19.2 Å². The molecule has 0 radical (unpaired) electrons. The molecule has 0 aliphatic rings. The number of rotatable bonds is 7. The number of ether oxygens (including phenoxy) is 1. The molecule has 0 spiro atoms. The molecule has 5 heteroatoms. The minimum absolute atomic E-state index is 0.418. The van der Waals surface area contributed by atoms with Crippen molar-refractivity contribution < 1.29 is 4.74 Å². The summed E-state index contributed by atoms with van der Waals surface area (Å²) >= 11 is 6.25. The summed E-state index contributed by atoms with van der Waals surface area (Å²) in [5, 5.41) is 8.37. The molecule has 0 aliphatic carbocycles. The van der Waals surface area contributed by atoms with Crippen molar-refractivity contribution in [3.8, 4) is 5.75 Å². The van der Waals surface area contributed by atoms with Gasteiger partial charge in [-0.3, -0.25) is 4.68 Å². The highest BCUT2D eigenvalue weighted by Gasteiger charge is 2.12. The van der Waals surface area contributed by atoms with Gasteiger partial charge in [0.15, 0.2) is 0 Å². The first-order valence-electron chi connectivity index (χ1n) is 7.22. The van der Waals surface area contributed by atoms with E-state index in [4.69, 9.17) is 16.3 Å². The van der Waals surface area contributed by atoms with Crippen molar-refractivity contribution in [3.05, 3.63) is 46.2 Å². The lowest BCUT2D eigenvalue weighted by Gasteiger charge is -2.12. The van der Waals surface area contributed by atoms with Crippen LogP contribution in [-0.2, 0) is 20.2 Å². The minimum atomic E-state index is 0.418. The van der Waals surface area contributed by atoms with Gasteiger partial charge in [-0.25, -0.2) is 0 Å². The lowest BCUT2D eigenvalue weighted by molar-refractivity contribution is 0.291. The molecule has 4 nitrogen and oxygen atoms in total. The van der Waals surface area contributed by atoms with Gasteiger partial charge in [-0.1, -0.05) is 36.7 Å². The Hall–Kier alpha value is -1.52. The van der Waals surface area contributed by atoms with Crippen LogP contribution in [0.15, 0.2) is 24.3 Å². The maximum absolute atomic E-state index is 6.25. The van der Waals surface area contributed by atoms with Gasteiger partial charge in [-0.15, -0.1) is 0 Å². The van der Waals surface area contributed by atoms with Gasteiger partial charge in [-0.05, 0) is 26.0 Å². The highest BCUT2D eigenvalue weighted by atomic mass is 35.5. The molecule has 1 N–H and O–H groups in total. The zero-order chi connectivity index (χ0) is 15.2. The Kier molecular flexibility index (Phi) is 5.65. The van der Waals surface area contributed by atoms with Crippen LogP contribution in [0.5, 0.6) is 5.75 Å². The molecule has 1 heterocycles. The normalized spacial score (nSPS) is 10.9. The molecule has 1 aromatic carbocycles. The van der Waals surface area contributed by atoms with E-state index in [0.717, 1.165) is 42.2 Å². The van der Waals surface area contributed by atoms with Gasteiger partial charge in [0.25, 0.3) is 0 Å². The molecule has 1 aromatic heterocycles. The molecular formula is C16H22ClN3O. The first-order chi connectivity index (χ1) is 10.1. The van der Waals surface area contributed by atoms with Crippen LogP contribution < -0.4 is 10.1 Å². The first-order valence-corrected chi connectivity index (χ1v) is 7.60. The molecule has 0 saturated heterocycles. The molecule has 114 valence electrons. The molecule has 0 aliphatic heterocycles. The van der Waals surface area contributed by atoms with Gasteiger partial charge in [0.1, 0.15) is 12.4 Å². The fourth-order valence-corrected chi connectivity index (χ4v) is 2.39. The predicted octanol–water partition coefficient (Wildman–Crippen LogP) is 3.46. The van der Waals surface area contributed by atoms with E-state index < -0.39 is 0 Å². The molecule has 0 atom stereocenters. The fraction of sp³-hybridized carbons (Fsp3) is 0.438. The summed E-state index contributed by atoms with van der Waals surface area (Å²) < 4.78 is 7.72. The van der Waals surface area contributed by atoms with Crippen molar-refractivity contribution in [2.75, 3.05) is 6.54 Å². The zero-order valence-electron chi connectivity index (χ0n) is 12.8. The van der Waals surface area contributed by atoms with Crippen molar-refractivity contribution in [3.63, 3.8) is 0 Å². The number of hydrogen-bond donors (Lipinski definition) is 1. The topological polar surface area (TPSA) is 39.1 Å². The number of nitrogens with zero attached hydrogens (tertiary/aromatic N) is 2. The summed E-state index contributed by atoms with van der Waals surface area (Å²) in [4.78, 5) is 0. The van der Waals surface area contributed by atoms with E-state index in [1.54, 1.807) is 4.68 Å². The van der Waals surface area contributed by atoms with Gasteiger partial charge < -0.3 is 10.1 Å². The Bertz CT molecular complexity index is 595. The third-order valence-electron chi connectivity index (χ3n) is 3.34. The molecule has 21 heavy (non-hydrogen) atoms. The Balaban J connectivity index is 2.06. The smallest absolute Gasteiger partial charge is 0.131 e. The number of halogens is 1. The van der Waals surface area contributed by atoms with E-state index in [9.17, 15) is 0 Å². The monoisotopic (exact) mass is 307 g/mol. The van der Waals surface area contributed by atoms with Gasteiger partial charge in [-0.2, -0.15) is 5.10 Å². The standard InChI is InChI=1S/C16H22ClN3O/c1-4-9-18-10-13-7-5-6-8-15(13)21-11-14-16(17)12(2)19-20(14)3/h5-8,18H,4,9-11H2,1-3H3. The van der Waals surface area contributed by atoms with E-state index in [1.807, 2.05) is 32.2 Å². The Labute approximate surface area is 131 Å². The van der Waals surface area contributed by atoms with Crippen LogP contribution >= 0.6 is 11.6 Å². The highest BCUT2D eigenvalue weighted by molar-refractivity contribution is 6.31. The maximum Gasteiger partial charge on any atom is 0.131 e. The lowest BCUT2D eigenvalue weighted by Crippen LogP contribution is -2.14. The molecule has 2 rings (SSSR count). The zero-order valence-corrected chi connectivity index (χ0v) is 13.6. The second kappa shape index (κ2) is 7.48. The van der Waals surface area contributed by atoms with Crippen LogP contribution in [0, 0.1) is 6.92 Å². The number of aryl methyl sites for hydroxylation is 2. The number of benzene rings is 1. The fourth-order valence-electron chi connectivity index (χ4n) is 2.17. The van der Waals surface area contributed by atoms with Gasteiger partial charge in [0.05, 0.1) is 16.4 Å². The quantitative estimate of drug-likeness (QED) is 0.796. The molecule has 0 bridgehead atoms. The van der Waals surface area contributed by atoms with Crippen LogP contribution in [0.25, 0.3) is 0 Å². The minimum Gasteiger partial charge on any atom is -0.487 e. The first kappa shape index (κ1) is 15.9. The number of hydrogen-bond acceptors (Lipinski definition) is 3. The number of aromatic nitrogens is 2. The summed E-state index contributed by atoms with van der Waals surface area (Å²) in [5.74, 6) is 0.885. The lowest BCUT2D eigenvalue weighted by atomic mass is 10.2. The Morgan fingerprint density at radius 2 is 2.10 bits per heavy atom. The molecule has 0 fully saturated rings. The van der Waals surface area contributed by atoms with E-state index in [2.05, 4.69) is 23.4 Å². The molecule has 2 aromatic rings. The van der Waals surface area contributed by atoms with Crippen molar-refractivity contribution in [2.45, 2.75) is 33.4 Å². The molecule has 0 unspecified atom stereocenters. The Morgan fingerprint density at radius 3 is 2.76 bits per heavy atom. The maximum atomic E-state index is 6.25. The molecule has 0 amide bonds. The third kappa shape index (κ3) is 3.99. The highest BCUT2D eigenvalue weighted by Crippen LogP contribution is 2.23. The van der Waals surface area contributed by atoms with Gasteiger partial charge >= 0.3 is 0 Å². The predicted molar refractivity (Wildman–Crippen MR) is 85.7 cm³/mol. The molecular weight excluding hydrogens is 286 g/mol. The summed E-state index contributed by atoms with van der Waals surface area (Å²) in [6, 6.07) is 8.07. The number of para-hydroxylation sites is 1. The summed E-state index contributed by atoms with van der Waals surface area (Å²) in [7, 11) is 1.88. The van der Waals surface area contributed by atoms with E-state index in [-0.39, 0.29) is 0 Å². The van der Waals surface area contributed by atoms with Crippen molar-refractivity contribution in [1.82, 2.24) is 15.1 Å². The Morgan fingerprint density at radius 1 is 1.33 bits per heavy atom. The second-order valence-corrected chi connectivity index (χ2v) is 5.42. The summed E-state index contributed by atoms with van der Waals surface area (Å²) in [5.41, 5.74) is 2.88. The summed E-state index contributed by atoms with van der Waals surface area (Å²) in [6.45, 7) is 6.28. The summed E-state index contributed by atoms with van der Waals surface area (Å²) in [6.07, 6.45) is 1.12. The van der Waals surface area contributed by atoms with Crippen LogP contribution in [0.4, 0.5) is 0 Å². The van der Waals surface area contributed by atoms with Gasteiger partial charge in [0.2, 0.25) is 0 Å². The van der Waals surface area contributed by atoms with Crippen molar-refractivity contribution in [2.24, 2.45) is 7.05 Å². The largest absolute Gasteiger partial charge is 0.487 e.